The zero-order chi connectivity index (χ0) is 21.8. The molecule has 1 aromatic rings. The summed E-state index contributed by atoms with van der Waals surface area (Å²) in [6, 6.07) is -1.27. The van der Waals surface area contributed by atoms with Crippen molar-refractivity contribution in [2.75, 3.05) is 27.2 Å². The lowest BCUT2D eigenvalue weighted by Gasteiger charge is -2.31. The number of fused-ring (bicyclic) bond motifs is 1. The summed E-state index contributed by atoms with van der Waals surface area (Å²) in [4.78, 5) is 49.9. The van der Waals surface area contributed by atoms with Crippen LogP contribution in [-0.2, 0) is 32.0 Å². The lowest BCUT2D eigenvalue weighted by molar-refractivity contribution is -0.683. The summed E-state index contributed by atoms with van der Waals surface area (Å²) in [5.41, 5.74) is -0.0523. The second kappa shape index (κ2) is 8.93. The van der Waals surface area contributed by atoms with Crippen LogP contribution in [0.25, 0.3) is 0 Å². The van der Waals surface area contributed by atoms with Crippen LogP contribution in [0.1, 0.15) is 26.5 Å². The highest BCUT2D eigenvalue weighted by atomic mass is 16.6. The number of hydrogen-bond donors (Lipinski definition) is 2. The lowest BCUT2D eigenvalue weighted by atomic mass is 10.1. The molecule has 1 unspecified atom stereocenters. The normalized spacial score (nSPS) is 16.1. The number of hydrogen-bond acceptors (Lipinski definition) is 6. The maximum Gasteiger partial charge on any atom is 0.416 e. The van der Waals surface area contributed by atoms with E-state index < -0.39 is 29.7 Å². The van der Waals surface area contributed by atoms with E-state index in [1.807, 2.05) is 0 Å². The smallest absolute Gasteiger partial charge is 0.416 e. The van der Waals surface area contributed by atoms with E-state index in [2.05, 4.69) is 10.6 Å². The molecule has 0 spiro atoms. The molecule has 0 saturated heterocycles. The van der Waals surface area contributed by atoms with Crippen molar-refractivity contribution >= 4 is 24.0 Å². The number of aromatic nitrogens is 2. The molecule has 1 atom stereocenters. The summed E-state index contributed by atoms with van der Waals surface area (Å²) in [5.74, 6) is -0.769. The van der Waals surface area contributed by atoms with Crippen molar-refractivity contribution in [3.63, 3.8) is 0 Å². The molecule has 2 N–H and O–H groups in total. The maximum absolute atomic E-state index is 12.9. The number of amides is 3. The van der Waals surface area contributed by atoms with Crippen LogP contribution in [0, 0.1) is 0 Å². The molecular weight excluding hydrogens is 382 g/mol. The molecule has 0 radical (unpaired) electrons. The molecule has 0 aromatic carbocycles. The first kappa shape index (κ1) is 22.2. The maximum atomic E-state index is 12.9. The van der Waals surface area contributed by atoms with Crippen molar-refractivity contribution in [2.24, 2.45) is 0 Å². The Morgan fingerprint density at radius 1 is 1.31 bits per heavy atom. The zero-order valence-electron chi connectivity index (χ0n) is 17.4. The molecule has 1 aliphatic rings. The van der Waals surface area contributed by atoms with Gasteiger partial charge in [-0.3, -0.25) is 9.69 Å². The van der Waals surface area contributed by atoms with Crippen LogP contribution >= 0.6 is 0 Å². The molecule has 1 aliphatic heterocycles. The Kier molecular flexibility index (Phi) is 6.83. The number of carbonyl (C=O) groups is 4. The Labute approximate surface area is 168 Å². The SMILES string of the molecule is CNC(=O)C[n+]1cc2n(c1)C(=O)N(CCNC(=O)OC(C)(C)C)C(C(=O)OC)C2. The van der Waals surface area contributed by atoms with E-state index in [9.17, 15) is 19.2 Å². The molecule has 29 heavy (non-hydrogen) atoms. The van der Waals surface area contributed by atoms with Crippen LogP contribution < -0.4 is 15.2 Å². The van der Waals surface area contributed by atoms with Crippen molar-refractivity contribution in [2.45, 2.75) is 45.4 Å². The summed E-state index contributed by atoms with van der Waals surface area (Å²) < 4.78 is 13.0. The first-order chi connectivity index (χ1) is 13.6. The quantitative estimate of drug-likeness (QED) is 0.478. The first-order valence-electron chi connectivity index (χ1n) is 9.22. The number of nitrogens with zero attached hydrogens (tertiary/aromatic N) is 3. The summed E-state index contributed by atoms with van der Waals surface area (Å²) in [7, 11) is 2.78. The van der Waals surface area contributed by atoms with Crippen molar-refractivity contribution < 1.29 is 33.2 Å². The Morgan fingerprint density at radius 2 is 2.00 bits per heavy atom. The third-order valence-corrected chi connectivity index (χ3v) is 4.22. The number of ether oxygens (including phenoxy) is 2. The number of esters is 1. The third-order valence-electron chi connectivity index (χ3n) is 4.22. The van der Waals surface area contributed by atoms with E-state index in [0.29, 0.717) is 5.69 Å². The number of nitrogens with one attached hydrogen (secondary N) is 2. The minimum atomic E-state index is -0.830. The topological polar surface area (TPSA) is 123 Å². The standard InChI is InChI=1S/C18H27N5O6/c1-18(2,3)29-16(26)20-6-7-22-13(15(25)28-5)8-12-9-21(10-14(24)19-4)11-23(12)17(22)27/h9,11,13H,6-8,10H2,1-5H3,(H-,19,20,24,26)/p+1. The van der Waals surface area contributed by atoms with Crippen molar-refractivity contribution in [3.05, 3.63) is 18.2 Å². The van der Waals surface area contributed by atoms with E-state index in [0.717, 1.165) is 0 Å². The molecule has 11 heteroatoms. The van der Waals surface area contributed by atoms with Gasteiger partial charge >= 0.3 is 18.1 Å². The summed E-state index contributed by atoms with van der Waals surface area (Å²) in [6.07, 6.45) is 2.78. The second-order valence-electron chi connectivity index (χ2n) is 7.60. The molecule has 160 valence electrons. The molecule has 1 aromatic heterocycles. The van der Waals surface area contributed by atoms with Gasteiger partial charge in [-0.15, -0.1) is 4.57 Å². The zero-order valence-corrected chi connectivity index (χ0v) is 17.4. The Hall–Kier alpha value is -3.11. The van der Waals surface area contributed by atoms with E-state index in [1.165, 1.54) is 30.0 Å². The van der Waals surface area contributed by atoms with Gasteiger partial charge in [0, 0.05) is 26.6 Å². The van der Waals surface area contributed by atoms with Gasteiger partial charge in [0.1, 0.15) is 17.8 Å². The molecule has 0 saturated carbocycles. The van der Waals surface area contributed by atoms with Gasteiger partial charge in [-0.2, -0.15) is 0 Å². The molecule has 2 rings (SSSR count). The van der Waals surface area contributed by atoms with Crippen molar-refractivity contribution in [3.8, 4) is 0 Å². The average Bonchev–Trinajstić information content (AvgIpc) is 3.03. The van der Waals surface area contributed by atoms with E-state index in [4.69, 9.17) is 9.47 Å². The molecule has 11 nitrogen and oxygen atoms in total. The average molecular weight is 410 g/mol. The monoisotopic (exact) mass is 410 g/mol. The number of imidazole rings is 1. The highest BCUT2D eigenvalue weighted by Gasteiger charge is 2.42. The summed E-state index contributed by atoms with van der Waals surface area (Å²) in [6.45, 7) is 5.47. The largest absolute Gasteiger partial charge is 0.467 e. The van der Waals surface area contributed by atoms with Gasteiger partial charge in [0.25, 0.3) is 12.2 Å². The summed E-state index contributed by atoms with van der Waals surface area (Å²) >= 11 is 0. The van der Waals surface area contributed by atoms with Crippen molar-refractivity contribution in [1.29, 1.82) is 0 Å². The first-order valence-corrected chi connectivity index (χ1v) is 9.22. The fraction of sp³-hybridized carbons (Fsp3) is 0.611. The van der Waals surface area contributed by atoms with Crippen molar-refractivity contribution in [1.82, 2.24) is 20.1 Å². The fourth-order valence-corrected chi connectivity index (χ4v) is 2.93. The number of methoxy groups -OCH3 is 1. The van der Waals surface area contributed by atoms with Crippen LogP contribution in [0.15, 0.2) is 12.5 Å². The molecule has 0 bridgehead atoms. The van der Waals surface area contributed by atoms with Gasteiger partial charge in [0.15, 0.2) is 12.2 Å². The Morgan fingerprint density at radius 3 is 2.59 bits per heavy atom. The van der Waals surface area contributed by atoms with Gasteiger partial charge in [-0.25, -0.2) is 19.0 Å². The van der Waals surface area contributed by atoms with Crippen LogP contribution in [0.3, 0.4) is 0 Å². The van der Waals surface area contributed by atoms with Gasteiger partial charge in [-0.05, 0) is 20.8 Å². The minimum Gasteiger partial charge on any atom is -0.467 e. The van der Waals surface area contributed by atoms with Crippen LogP contribution in [0.2, 0.25) is 0 Å². The van der Waals surface area contributed by atoms with Gasteiger partial charge in [-0.1, -0.05) is 0 Å². The van der Waals surface area contributed by atoms with Crippen LogP contribution in [0.5, 0.6) is 0 Å². The molecule has 3 amide bonds. The Balaban J connectivity index is 2.13. The molecule has 0 fully saturated rings. The lowest BCUT2D eigenvalue weighted by Crippen LogP contribution is -2.54. The second-order valence-corrected chi connectivity index (χ2v) is 7.60. The van der Waals surface area contributed by atoms with Gasteiger partial charge in [0.05, 0.1) is 7.11 Å². The van der Waals surface area contributed by atoms with Crippen LogP contribution in [0.4, 0.5) is 9.59 Å². The van der Waals surface area contributed by atoms with E-state index in [1.54, 1.807) is 31.5 Å². The Bertz CT molecular complexity index is 797. The van der Waals surface area contributed by atoms with Gasteiger partial charge < -0.3 is 20.1 Å². The molecule has 0 aliphatic carbocycles. The van der Waals surface area contributed by atoms with E-state index in [-0.39, 0.29) is 32.0 Å². The molecule has 2 heterocycles. The highest BCUT2D eigenvalue weighted by molar-refractivity contribution is 5.87. The highest BCUT2D eigenvalue weighted by Crippen LogP contribution is 2.18. The predicted octanol–water partition coefficient (Wildman–Crippen LogP) is -0.586. The van der Waals surface area contributed by atoms with Crippen LogP contribution in [-0.4, -0.2) is 72.4 Å². The number of likely N-dealkylation sites (N-methyl/N-ethyl adjacent to an activating group) is 1. The number of carbonyl (C=O) groups excluding carboxylic acids is 4. The van der Waals surface area contributed by atoms with Gasteiger partial charge in [0.2, 0.25) is 0 Å². The van der Waals surface area contributed by atoms with E-state index >= 15 is 0 Å². The summed E-state index contributed by atoms with van der Waals surface area (Å²) in [5, 5.41) is 5.09. The number of rotatable bonds is 6. The third kappa shape index (κ3) is 5.69. The predicted molar refractivity (Wildman–Crippen MR) is 99.9 cm³/mol. The fourth-order valence-electron chi connectivity index (χ4n) is 2.93. The minimum absolute atomic E-state index is 0.0485. The molecular formula is C18H28N5O6+. The number of alkyl carbamates (subject to hydrolysis) is 1.